The van der Waals surface area contributed by atoms with E-state index in [1.807, 2.05) is 29.7 Å². The first-order valence-corrected chi connectivity index (χ1v) is 6.89. The van der Waals surface area contributed by atoms with Crippen LogP contribution in [0.1, 0.15) is 31.4 Å². The summed E-state index contributed by atoms with van der Waals surface area (Å²) in [6.45, 7) is 3.18. The van der Waals surface area contributed by atoms with Gasteiger partial charge in [-0.1, -0.05) is 6.92 Å². The molecule has 15 heavy (non-hydrogen) atoms. The van der Waals surface area contributed by atoms with Gasteiger partial charge in [-0.25, -0.2) is 0 Å². The Morgan fingerprint density at radius 1 is 1.60 bits per heavy atom. The molecule has 0 radical (unpaired) electrons. The van der Waals surface area contributed by atoms with Gasteiger partial charge < -0.3 is 5.32 Å². The minimum absolute atomic E-state index is 0.447. The number of aryl methyl sites for hydroxylation is 1. The summed E-state index contributed by atoms with van der Waals surface area (Å²) in [6.07, 6.45) is 8.58. The van der Waals surface area contributed by atoms with Gasteiger partial charge in [0.2, 0.25) is 0 Å². The molecule has 1 aromatic heterocycles. The molecule has 86 valence electrons. The van der Waals surface area contributed by atoms with E-state index in [1.54, 1.807) is 0 Å². The molecule has 4 heteroatoms. The first kappa shape index (κ1) is 12.6. The van der Waals surface area contributed by atoms with Crippen LogP contribution in [0.25, 0.3) is 0 Å². The number of rotatable bonds is 7. The summed E-state index contributed by atoms with van der Waals surface area (Å²) in [5.41, 5.74) is 1.31. The Morgan fingerprint density at radius 2 is 2.40 bits per heavy atom. The quantitative estimate of drug-likeness (QED) is 0.775. The lowest BCUT2D eigenvalue weighted by Gasteiger charge is -2.13. The molecule has 0 saturated heterocycles. The van der Waals surface area contributed by atoms with E-state index < -0.39 is 0 Å². The van der Waals surface area contributed by atoms with Crippen molar-refractivity contribution in [3.63, 3.8) is 0 Å². The number of hydrogen-bond donors (Lipinski definition) is 1. The van der Waals surface area contributed by atoms with Crippen LogP contribution in [0.5, 0.6) is 0 Å². The number of nitrogens with zero attached hydrogens (tertiary/aromatic N) is 2. The normalized spacial score (nSPS) is 13.0. The molecule has 1 atom stereocenters. The zero-order valence-electron chi connectivity index (χ0n) is 9.86. The average Bonchev–Trinajstić information content (AvgIpc) is 2.68. The van der Waals surface area contributed by atoms with Crippen molar-refractivity contribution in [2.75, 3.05) is 19.1 Å². The van der Waals surface area contributed by atoms with Gasteiger partial charge in [-0.05, 0) is 31.9 Å². The fourth-order valence-electron chi connectivity index (χ4n) is 1.62. The Kier molecular flexibility index (Phi) is 5.79. The van der Waals surface area contributed by atoms with Gasteiger partial charge >= 0.3 is 0 Å². The molecular formula is C11H21N3S. The van der Waals surface area contributed by atoms with Crippen LogP contribution >= 0.6 is 11.8 Å². The Labute approximate surface area is 96.6 Å². The monoisotopic (exact) mass is 227 g/mol. The maximum atomic E-state index is 4.35. The van der Waals surface area contributed by atoms with Gasteiger partial charge in [-0.15, -0.1) is 0 Å². The Bertz CT molecular complexity index is 273. The lowest BCUT2D eigenvalue weighted by Crippen LogP contribution is -2.16. The summed E-state index contributed by atoms with van der Waals surface area (Å²) in [7, 11) is 2.02. The van der Waals surface area contributed by atoms with E-state index in [9.17, 15) is 0 Å². The number of hydrogen-bond acceptors (Lipinski definition) is 3. The molecule has 1 N–H and O–H groups in total. The minimum Gasteiger partial charge on any atom is -0.313 e. The lowest BCUT2D eigenvalue weighted by molar-refractivity contribution is 0.574. The van der Waals surface area contributed by atoms with E-state index in [1.165, 1.54) is 11.3 Å². The molecule has 0 fully saturated rings. The van der Waals surface area contributed by atoms with Crippen molar-refractivity contribution in [1.29, 1.82) is 0 Å². The lowest BCUT2D eigenvalue weighted by atomic mass is 10.1. The SMILES string of the molecule is CCCn1cc(C(CCSC)NC)cn1. The molecule has 3 nitrogen and oxygen atoms in total. The molecular weight excluding hydrogens is 206 g/mol. The summed E-state index contributed by atoms with van der Waals surface area (Å²) in [4.78, 5) is 0. The van der Waals surface area contributed by atoms with Crippen LogP contribution in [-0.2, 0) is 6.54 Å². The third-order valence-corrected chi connectivity index (χ3v) is 3.11. The third-order valence-electron chi connectivity index (χ3n) is 2.47. The van der Waals surface area contributed by atoms with E-state index in [4.69, 9.17) is 0 Å². The standard InChI is InChI=1S/C11H21N3S/c1-4-6-14-9-10(8-13-14)11(12-2)5-7-15-3/h8-9,11-12H,4-7H2,1-3H3. The van der Waals surface area contributed by atoms with E-state index in [2.05, 4.69) is 29.8 Å². The van der Waals surface area contributed by atoms with Gasteiger partial charge in [0.25, 0.3) is 0 Å². The van der Waals surface area contributed by atoms with Gasteiger partial charge in [0, 0.05) is 24.3 Å². The van der Waals surface area contributed by atoms with Gasteiger partial charge in [0.15, 0.2) is 0 Å². The molecule has 0 spiro atoms. The number of thioether (sulfide) groups is 1. The first-order chi connectivity index (χ1) is 7.31. The Morgan fingerprint density at radius 3 is 3.00 bits per heavy atom. The van der Waals surface area contributed by atoms with E-state index in [0.717, 1.165) is 19.4 Å². The molecule has 0 aliphatic carbocycles. The molecule has 1 unspecified atom stereocenters. The molecule has 0 saturated carbocycles. The maximum Gasteiger partial charge on any atom is 0.0537 e. The zero-order chi connectivity index (χ0) is 11.1. The van der Waals surface area contributed by atoms with Crippen LogP contribution in [-0.4, -0.2) is 28.8 Å². The molecule has 0 amide bonds. The predicted molar refractivity (Wildman–Crippen MR) is 67.3 cm³/mol. The maximum absolute atomic E-state index is 4.35. The van der Waals surface area contributed by atoms with Crippen LogP contribution in [0.3, 0.4) is 0 Å². The second-order valence-electron chi connectivity index (χ2n) is 3.66. The summed E-state index contributed by atoms with van der Waals surface area (Å²) >= 11 is 1.89. The van der Waals surface area contributed by atoms with Crippen LogP contribution in [0, 0.1) is 0 Å². The van der Waals surface area contributed by atoms with Crippen molar-refractivity contribution in [1.82, 2.24) is 15.1 Å². The fraction of sp³-hybridized carbons (Fsp3) is 0.727. The Balaban J connectivity index is 2.57. The largest absolute Gasteiger partial charge is 0.313 e. The van der Waals surface area contributed by atoms with E-state index in [0.29, 0.717) is 6.04 Å². The molecule has 0 aliphatic heterocycles. The highest BCUT2D eigenvalue weighted by Crippen LogP contribution is 2.17. The van der Waals surface area contributed by atoms with Crippen molar-refractivity contribution in [2.24, 2.45) is 0 Å². The van der Waals surface area contributed by atoms with E-state index in [-0.39, 0.29) is 0 Å². The smallest absolute Gasteiger partial charge is 0.0537 e. The van der Waals surface area contributed by atoms with Crippen molar-refractivity contribution >= 4 is 11.8 Å². The highest BCUT2D eigenvalue weighted by atomic mass is 32.2. The topological polar surface area (TPSA) is 29.9 Å². The van der Waals surface area contributed by atoms with Crippen LogP contribution in [0.15, 0.2) is 12.4 Å². The van der Waals surface area contributed by atoms with E-state index >= 15 is 0 Å². The molecule has 0 bridgehead atoms. The molecule has 1 aromatic rings. The minimum atomic E-state index is 0.447. The van der Waals surface area contributed by atoms with Gasteiger partial charge in [0.05, 0.1) is 6.20 Å². The highest BCUT2D eigenvalue weighted by Gasteiger charge is 2.10. The summed E-state index contributed by atoms with van der Waals surface area (Å²) in [5, 5.41) is 7.69. The zero-order valence-corrected chi connectivity index (χ0v) is 10.7. The van der Waals surface area contributed by atoms with Crippen molar-refractivity contribution in [3.05, 3.63) is 18.0 Å². The summed E-state index contributed by atoms with van der Waals surface area (Å²) < 4.78 is 2.03. The van der Waals surface area contributed by atoms with Crippen molar-refractivity contribution in [3.8, 4) is 0 Å². The Hall–Kier alpha value is -0.480. The first-order valence-electron chi connectivity index (χ1n) is 5.50. The highest BCUT2D eigenvalue weighted by molar-refractivity contribution is 7.98. The second-order valence-corrected chi connectivity index (χ2v) is 4.65. The molecule has 1 heterocycles. The molecule has 1 rings (SSSR count). The fourth-order valence-corrected chi connectivity index (χ4v) is 2.10. The summed E-state index contributed by atoms with van der Waals surface area (Å²) in [6, 6.07) is 0.447. The van der Waals surface area contributed by atoms with Crippen LogP contribution < -0.4 is 5.32 Å². The predicted octanol–water partition coefficient (Wildman–Crippen LogP) is 2.31. The van der Waals surface area contributed by atoms with Gasteiger partial charge in [0.1, 0.15) is 0 Å². The van der Waals surface area contributed by atoms with Gasteiger partial charge in [-0.2, -0.15) is 16.9 Å². The molecule has 0 aromatic carbocycles. The van der Waals surface area contributed by atoms with Gasteiger partial charge in [-0.3, -0.25) is 4.68 Å². The van der Waals surface area contributed by atoms with Crippen molar-refractivity contribution in [2.45, 2.75) is 32.4 Å². The third kappa shape index (κ3) is 3.87. The second kappa shape index (κ2) is 6.90. The van der Waals surface area contributed by atoms with Crippen LogP contribution in [0.2, 0.25) is 0 Å². The average molecular weight is 227 g/mol. The summed E-state index contributed by atoms with van der Waals surface area (Å²) in [5.74, 6) is 1.18. The molecule has 0 aliphatic rings. The van der Waals surface area contributed by atoms with Crippen LogP contribution in [0.4, 0.5) is 0 Å². The van der Waals surface area contributed by atoms with Crippen molar-refractivity contribution < 1.29 is 0 Å². The number of aromatic nitrogens is 2. The number of nitrogens with one attached hydrogen (secondary N) is 1.